The van der Waals surface area contributed by atoms with Gasteiger partial charge in [-0.15, -0.1) is 0 Å². The second-order valence-electron chi connectivity index (χ2n) is 5.37. The molecule has 0 saturated heterocycles. The van der Waals surface area contributed by atoms with Gasteiger partial charge in [-0.3, -0.25) is 4.98 Å². The van der Waals surface area contributed by atoms with Gasteiger partial charge in [0.2, 0.25) is 0 Å². The van der Waals surface area contributed by atoms with Crippen molar-refractivity contribution in [1.82, 2.24) is 4.98 Å². The van der Waals surface area contributed by atoms with E-state index < -0.39 is 6.10 Å². The molecule has 1 unspecified atom stereocenters. The number of aliphatic hydroxyl groups is 1. The smallest absolute Gasteiger partial charge is 0.161 e. The van der Waals surface area contributed by atoms with Crippen LogP contribution in [-0.2, 0) is 6.61 Å². The predicted octanol–water partition coefficient (Wildman–Crippen LogP) is 3.75. The second-order valence-corrected chi connectivity index (χ2v) is 5.37. The van der Waals surface area contributed by atoms with Crippen LogP contribution in [0.15, 0.2) is 73.1 Å². The van der Waals surface area contributed by atoms with Crippen LogP contribution in [0.5, 0.6) is 11.5 Å². The van der Waals surface area contributed by atoms with Crippen LogP contribution in [0, 0.1) is 0 Å². The number of methoxy groups -OCH3 is 1. The van der Waals surface area contributed by atoms with Crippen LogP contribution in [-0.4, -0.2) is 17.2 Å². The van der Waals surface area contributed by atoms with Gasteiger partial charge in [-0.1, -0.05) is 42.5 Å². The first-order valence-electron chi connectivity index (χ1n) is 7.70. The summed E-state index contributed by atoms with van der Waals surface area (Å²) in [5.74, 6) is 1.23. The van der Waals surface area contributed by atoms with Crippen LogP contribution in [0.25, 0.3) is 0 Å². The van der Waals surface area contributed by atoms with Crippen molar-refractivity contribution in [2.24, 2.45) is 0 Å². The van der Waals surface area contributed by atoms with Crippen molar-refractivity contribution in [1.29, 1.82) is 0 Å². The summed E-state index contributed by atoms with van der Waals surface area (Å²) in [5, 5.41) is 10.5. The molecule has 24 heavy (non-hydrogen) atoms. The summed E-state index contributed by atoms with van der Waals surface area (Å²) in [7, 11) is 1.59. The minimum atomic E-state index is -0.754. The number of nitrogens with zero attached hydrogens (tertiary/aromatic N) is 1. The Morgan fingerprint density at radius 3 is 2.50 bits per heavy atom. The van der Waals surface area contributed by atoms with E-state index in [1.165, 1.54) is 0 Å². The Labute approximate surface area is 141 Å². The molecule has 1 aromatic heterocycles. The minimum absolute atomic E-state index is 0.460. The normalized spacial score (nSPS) is 11.8. The molecule has 0 aliphatic rings. The number of rotatable bonds is 6. The molecule has 0 spiro atoms. The highest BCUT2D eigenvalue weighted by molar-refractivity contribution is 5.45. The van der Waals surface area contributed by atoms with Gasteiger partial charge in [-0.05, 0) is 29.3 Å². The molecule has 1 atom stereocenters. The van der Waals surface area contributed by atoms with E-state index in [1.54, 1.807) is 31.6 Å². The molecule has 4 nitrogen and oxygen atoms in total. The van der Waals surface area contributed by atoms with Crippen LogP contribution in [0.1, 0.15) is 22.8 Å². The first-order chi connectivity index (χ1) is 11.8. The van der Waals surface area contributed by atoms with Crippen molar-refractivity contribution >= 4 is 0 Å². The van der Waals surface area contributed by atoms with E-state index >= 15 is 0 Å². The van der Waals surface area contributed by atoms with Crippen LogP contribution in [0.3, 0.4) is 0 Å². The van der Waals surface area contributed by atoms with Crippen LogP contribution < -0.4 is 9.47 Å². The third kappa shape index (κ3) is 3.73. The molecule has 0 saturated carbocycles. The molecule has 1 heterocycles. The number of ether oxygens (including phenoxy) is 2. The number of aromatic nitrogens is 1. The molecule has 4 heteroatoms. The summed E-state index contributed by atoms with van der Waals surface area (Å²) >= 11 is 0. The van der Waals surface area contributed by atoms with Gasteiger partial charge in [0.25, 0.3) is 0 Å². The lowest BCUT2D eigenvalue weighted by Gasteiger charge is -2.15. The van der Waals surface area contributed by atoms with Crippen molar-refractivity contribution in [3.8, 4) is 11.5 Å². The first-order valence-corrected chi connectivity index (χ1v) is 7.70. The van der Waals surface area contributed by atoms with E-state index in [0.29, 0.717) is 18.1 Å². The topological polar surface area (TPSA) is 51.6 Å². The fraction of sp³-hybridized carbons (Fsp3) is 0.150. The summed E-state index contributed by atoms with van der Waals surface area (Å²) in [6.07, 6.45) is 2.57. The maximum Gasteiger partial charge on any atom is 0.161 e. The molecule has 0 amide bonds. The van der Waals surface area contributed by atoms with E-state index in [4.69, 9.17) is 9.47 Å². The van der Waals surface area contributed by atoms with E-state index in [0.717, 1.165) is 16.7 Å². The summed E-state index contributed by atoms with van der Waals surface area (Å²) in [4.78, 5) is 4.04. The third-order valence-corrected chi connectivity index (χ3v) is 3.74. The highest BCUT2D eigenvalue weighted by Crippen LogP contribution is 2.32. The molecular weight excluding hydrogens is 302 g/mol. The van der Waals surface area contributed by atoms with Gasteiger partial charge in [-0.25, -0.2) is 0 Å². The van der Waals surface area contributed by atoms with Crippen molar-refractivity contribution < 1.29 is 14.6 Å². The van der Waals surface area contributed by atoms with Crippen LogP contribution >= 0.6 is 0 Å². The van der Waals surface area contributed by atoms with Crippen molar-refractivity contribution in [3.05, 3.63) is 89.7 Å². The Kier molecular flexibility index (Phi) is 5.08. The maximum atomic E-state index is 10.5. The van der Waals surface area contributed by atoms with Gasteiger partial charge >= 0.3 is 0 Å². The summed E-state index contributed by atoms with van der Waals surface area (Å²) in [5.41, 5.74) is 2.54. The predicted molar refractivity (Wildman–Crippen MR) is 92.1 cm³/mol. The molecule has 0 aliphatic carbocycles. The number of hydrogen-bond donors (Lipinski definition) is 1. The summed E-state index contributed by atoms with van der Waals surface area (Å²) in [6.45, 7) is 0.460. The summed E-state index contributed by atoms with van der Waals surface area (Å²) < 4.78 is 11.2. The van der Waals surface area contributed by atoms with E-state index in [-0.39, 0.29) is 0 Å². The van der Waals surface area contributed by atoms with Gasteiger partial charge in [0.15, 0.2) is 11.5 Å². The van der Waals surface area contributed by atoms with Crippen molar-refractivity contribution in [2.45, 2.75) is 12.7 Å². The minimum Gasteiger partial charge on any atom is -0.493 e. The quantitative estimate of drug-likeness (QED) is 0.751. The number of pyridine rings is 1. The highest BCUT2D eigenvalue weighted by Gasteiger charge is 2.14. The van der Waals surface area contributed by atoms with Crippen molar-refractivity contribution in [2.75, 3.05) is 7.11 Å². The zero-order chi connectivity index (χ0) is 16.8. The molecule has 2 aromatic carbocycles. The molecule has 122 valence electrons. The van der Waals surface area contributed by atoms with E-state index in [1.807, 2.05) is 48.5 Å². The zero-order valence-corrected chi connectivity index (χ0v) is 13.4. The maximum absolute atomic E-state index is 10.5. The second kappa shape index (κ2) is 7.62. The molecule has 0 fully saturated rings. The average molecular weight is 321 g/mol. The molecule has 0 bridgehead atoms. The lowest BCUT2D eigenvalue weighted by Crippen LogP contribution is -2.02. The standard InChI is InChI=1S/C20H19NO3/c1-23-19-12-16(20(22)17-8-5-11-21-13-17)9-10-18(19)24-14-15-6-3-2-4-7-15/h2-13,20,22H,14H2,1H3. The highest BCUT2D eigenvalue weighted by atomic mass is 16.5. The summed E-state index contributed by atoms with van der Waals surface area (Å²) in [6, 6.07) is 19.0. The largest absolute Gasteiger partial charge is 0.493 e. The van der Waals surface area contributed by atoms with Crippen LogP contribution in [0.4, 0.5) is 0 Å². The molecular formula is C20H19NO3. The van der Waals surface area contributed by atoms with Gasteiger partial charge < -0.3 is 14.6 Å². The van der Waals surface area contributed by atoms with Gasteiger partial charge in [0.05, 0.1) is 7.11 Å². The lowest BCUT2D eigenvalue weighted by molar-refractivity contribution is 0.218. The molecule has 3 rings (SSSR count). The Morgan fingerprint density at radius 1 is 0.958 bits per heavy atom. The van der Waals surface area contributed by atoms with E-state index in [2.05, 4.69) is 4.98 Å². The zero-order valence-electron chi connectivity index (χ0n) is 13.4. The monoisotopic (exact) mass is 321 g/mol. The Balaban J connectivity index is 1.78. The number of benzene rings is 2. The van der Waals surface area contributed by atoms with Crippen LogP contribution in [0.2, 0.25) is 0 Å². The van der Waals surface area contributed by atoms with Gasteiger partial charge in [-0.2, -0.15) is 0 Å². The Morgan fingerprint density at radius 2 is 1.79 bits per heavy atom. The fourth-order valence-corrected chi connectivity index (χ4v) is 2.44. The number of aliphatic hydroxyl groups excluding tert-OH is 1. The SMILES string of the molecule is COc1cc(C(O)c2cccnc2)ccc1OCc1ccccc1. The molecule has 3 aromatic rings. The Hall–Kier alpha value is -2.85. The molecule has 1 N–H and O–H groups in total. The lowest BCUT2D eigenvalue weighted by atomic mass is 10.0. The Bertz CT molecular complexity index is 775. The van der Waals surface area contributed by atoms with Crippen molar-refractivity contribution in [3.63, 3.8) is 0 Å². The van der Waals surface area contributed by atoms with Gasteiger partial charge in [0, 0.05) is 18.0 Å². The van der Waals surface area contributed by atoms with E-state index in [9.17, 15) is 5.11 Å². The number of hydrogen-bond acceptors (Lipinski definition) is 4. The average Bonchev–Trinajstić information content (AvgIpc) is 2.67. The third-order valence-electron chi connectivity index (χ3n) is 3.74. The molecule has 0 aliphatic heterocycles. The fourth-order valence-electron chi connectivity index (χ4n) is 2.44. The molecule has 0 radical (unpaired) electrons. The van der Waals surface area contributed by atoms with Gasteiger partial charge in [0.1, 0.15) is 12.7 Å². The first kappa shape index (κ1) is 16.0.